The molecule has 8 nitrogen and oxygen atoms in total. The van der Waals surface area contributed by atoms with Gasteiger partial charge in [-0.3, -0.25) is 9.59 Å². The number of carbonyl (C=O) groups is 3. The molecule has 1 atom stereocenters. The van der Waals surface area contributed by atoms with Crippen LogP contribution in [0.1, 0.15) is 77.2 Å². The Balaban J connectivity index is 2.02. The van der Waals surface area contributed by atoms with Gasteiger partial charge in [-0.1, -0.05) is 23.7 Å². The van der Waals surface area contributed by atoms with Gasteiger partial charge >= 0.3 is 12.1 Å². The molecule has 1 unspecified atom stereocenters. The van der Waals surface area contributed by atoms with Crippen molar-refractivity contribution in [2.75, 3.05) is 6.61 Å². The molecule has 9 heteroatoms. The summed E-state index contributed by atoms with van der Waals surface area (Å²) >= 11 is 6.66. The second kappa shape index (κ2) is 12.1. The molecular weight excluding hydrogens is 448 g/mol. The van der Waals surface area contributed by atoms with Crippen LogP contribution in [0.3, 0.4) is 0 Å². The van der Waals surface area contributed by atoms with E-state index in [2.05, 4.69) is 5.32 Å². The molecule has 0 saturated heterocycles. The molecule has 0 aromatic heterocycles. The zero-order valence-electron chi connectivity index (χ0n) is 19.6. The van der Waals surface area contributed by atoms with Gasteiger partial charge in [-0.15, -0.1) is 0 Å². The largest absolute Gasteiger partial charge is 0.490 e. The van der Waals surface area contributed by atoms with Crippen LogP contribution < -0.4 is 15.8 Å². The van der Waals surface area contributed by atoms with E-state index in [-0.39, 0.29) is 31.3 Å². The van der Waals surface area contributed by atoms with Crippen molar-refractivity contribution < 1.29 is 29.0 Å². The highest BCUT2D eigenvalue weighted by Crippen LogP contribution is 2.42. The molecule has 33 heavy (non-hydrogen) atoms. The van der Waals surface area contributed by atoms with Gasteiger partial charge < -0.3 is 25.6 Å². The van der Waals surface area contributed by atoms with Crippen LogP contribution in [-0.4, -0.2) is 41.3 Å². The minimum absolute atomic E-state index is 0.0944. The summed E-state index contributed by atoms with van der Waals surface area (Å²) in [6.07, 6.45) is 3.47. The summed E-state index contributed by atoms with van der Waals surface area (Å²) in [5.41, 5.74) is 5.60. The monoisotopic (exact) mass is 482 g/mol. The Hall–Kier alpha value is -2.48. The van der Waals surface area contributed by atoms with Crippen molar-refractivity contribution in [3.63, 3.8) is 0 Å². The fourth-order valence-corrected chi connectivity index (χ4v) is 4.39. The zero-order chi connectivity index (χ0) is 24.6. The number of hydrogen-bond donors (Lipinski definition) is 3. The highest BCUT2D eigenvalue weighted by molar-refractivity contribution is 6.32. The third-order valence-electron chi connectivity index (χ3n) is 5.64. The number of aliphatic carboxylic acids is 1. The molecule has 4 N–H and O–H groups in total. The molecule has 1 aromatic carbocycles. The van der Waals surface area contributed by atoms with Crippen LogP contribution in [0.2, 0.25) is 5.02 Å². The van der Waals surface area contributed by atoms with E-state index in [1.165, 1.54) is 0 Å². The number of halogens is 1. The maximum atomic E-state index is 12.2. The van der Waals surface area contributed by atoms with Gasteiger partial charge in [-0.05, 0) is 76.3 Å². The van der Waals surface area contributed by atoms with Crippen molar-refractivity contribution in [2.24, 2.45) is 11.7 Å². The third kappa shape index (κ3) is 9.50. The van der Waals surface area contributed by atoms with Crippen molar-refractivity contribution in [3.05, 3.63) is 28.8 Å². The normalized spacial score (nSPS) is 19.4. The van der Waals surface area contributed by atoms with Crippen LogP contribution in [0.25, 0.3) is 0 Å². The molecule has 0 aliphatic heterocycles. The van der Waals surface area contributed by atoms with Gasteiger partial charge in [0.15, 0.2) is 0 Å². The van der Waals surface area contributed by atoms with Crippen molar-refractivity contribution in [3.8, 4) is 5.75 Å². The highest BCUT2D eigenvalue weighted by Gasteiger charge is 2.26. The molecule has 1 saturated carbocycles. The lowest BCUT2D eigenvalue weighted by Crippen LogP contribution is -2.42. The first-order chi connectivity index (χ1) is 15.4. The average molecular weight is 483 g/mol. The number of nitrogens with one attached hydrogen (secondary N) is 1. The van der Waals surface area contributed by atoms with Gasteiger partial charge in [-0.2, -0.15) is 0 Å². The number of primary amides is 1. The lowest BCUT2D eigenvalue weighted by Gasteiger charge is -2.29. The number of nitrogens with two attached hydrogens (primary N) is 1. The number of hydrogen-bond acceptors (Lipinski definition) is 5. The Morgan fingerprint density at radius 2 is 1.88 bits per heavy atom. The van der Waals surface area contributed by atoms with E-state index in [0.29, 0.717) is 17.2 Å². The van der Waals surface area contributed by atoms with Gasteiger partial charge in [0.1, 0.15) is 18.0 Å². The Morgan fingerprint density at radius 1 is 1.21 bits per heavy atom. The van der Waals surface area contributed by atoms with Crippen LogP contribution >= 0.6 is 11.6 Å². The van der Waals surface area contributed by atoms with Crippen molar-refractivity contribution >= 4 is 29.6 Å². The molecule has 1 fully saturated rings. The van der Waals surface area contributed by atoms with E-state index in [4.69, 9.17) is 31.9 Å². The molecule has 2 amide bonds. The summed E-state index contributed by atoms with van der Waals surface area (Å²) in [5.74, 6) is -0.266. The summed E-state index contributed by atoms with van der Waals surface area (Å²) in [6, 6.07) is 5.12. The number of carboxylic acid groups (broad SMARTS) is 1. The summed E-state index contributed by atoms with van der Waals surface area (Å²) in [6.45, 7) is 5.40. The Bertz CT molecular complexity index is 831. The fourth-order valence-electron chi connectivity index (χ4n) is 4.06. The summed E-state index contributed by atoms with van der Waals surface area (Å²) in [5, 5.41) is 12.3. The molecule has 1 aliphatic carbocycles. The zero-order valence-corrected chi connectivity index (χ0v) is 20.3. The van der Waals surface area contributed by atoms with E-state index in [1.807, 2.05) is 12.1 Å². The molecule has 184 valence electrons. The van der Waals surface area contributed by atoms with Gasteiger partial charge in [0.2, 0.25) is 5.91 Å². The molecule has 0 radical (unpaired) electrons. The number of carbonyl (C=O) groups excluding carboxylic acids is 2. The standard InChI is InChI=1S/C24H35ClN2O6/c1-24(2,3)33-23(31)27-17(11-12-20(26)28)14-32-19-6-4-5-18(22(19)25)16-9-7-15(8-10-16)13-21(29)30/h4-6,15-17H,7-14H2,1-3H3,(H2,26,28)(H,27,31)(H,29,30). The van der Waals surface area contributed by atoms with Crippen LogP contribution in [0.5, 0.6) is 5.75 Å². The van der Waals surface area contributed by atoms with Crippen molar-refractivity contribution in [1.29, 1.82) is 0 Å². The minimum atomic E-state index is -0.752. The van der Waals surface area contributed by atoms with Crippen LogP contribution in [0, 0.1) is 5.92 Å². The first-order valence-corrected chi connectivity index (χ1v) is 11.7. The quantitative estimate of drug-likeness (QED) is 0.446. The second-order valence-electron chi connectivity index (χ2n) is 9.63. The molecule has 0 heterocycles. The molecule has 2 rings (SSSR count). The number of alkyl carbamates (subject to hydrolysis) is 1. The van der Waals surface area contributed by atoms with Gasteiger partial charge in [-0.25, -0.2) is 4.79 Å². The molecule has 1 aromatic rings. The third-order valence-corrected chi connectivity index (χ3v) is 6.05. The Kier molecular flexibility index (Phi) is 9.83. The van der Waals surface area contributed by atoms with E-state index >= 15 is 0 Å². The number of benzene rings is 1. The maximum Gasteiger partial charge on any atom is 0.407 e. The van der Waals surface area contributed by atoms with Gasteiger partial charge in [0.05, 0.1) is 11.1 Å². The predicted octanol–water partition coefficient (Wildman–Crippen LogP) is 4.63. The average Bonchev–Trinajstić information content (AvgIpc) is 2.69. The SMILES string of the molecule is CC(C)(C)OC(=O)NC(CCC(N)=O)COc1cccc(C2CCC(CC(=O)O)CC2)c1Cl. The molecular formula is C24H35ClN2O6. The van der Waals surface area contributed by atoms with Crippen molar-refractivity contribution in [2.45, 2.75) is 83.3 Å². The maximum absolute atomic E-state index is 12.2. The van der Waals surface area contributed by atoms with Gasteiger partial charge in [0.25, 0.3) is 0 Å². The number of rotatable bonds is 10. The topological polar surface area (TPSA) is 128 Å². The van der Waals surface area contributed by atoms with E-state index < -0.39 is 29.6 Å². The Morgan fingerprint density at radius 3 is 2.45 bits per heavy atom. The summed E-state index contributed by atoms with van der Waals surface area (Å²) in [4.78, 5) is 34.4. The first kappa shape index (κ1) is 26.8. The predicted molar refractivity (Wildman–Crippen MR) is 125 cm³/mol. The van der Waals surface area contributed by atoms with E-state index in [0.717, 1.165) is 31.2 Å². The lowest BCUT2D eigenvalue weighted by molar-refractivity contribution is -0.138. The van der Waals surface area contributed by atoms with Crippen LogP contribution in [0.4, 0.5) is 4.79 Å². The summed E-state index contributed by atoms with van der Waals surface area (Å²) < 4.78 is 11.2. The number of carboxylic acids is 1. The molecule has 0 bridgehead atoms. The molecule has 0 spiro atoms. The highest BCUT2D eigenvalue weighted by atomic mass is 35.5. The number of ether oxygens (including phenoxy) is 2. The van der Waals surface area contributed by atoms with Crippen LogP contribution in [0.15, 0.2) is 18.2 Å². The second-order valence-corrected chi connectivity index (χ2v) is 10.0. The smallest absolute Gasteiger partial charge is 0.407 e. The first-order valence-electron chi connectivity index (χ1n) is 11.4. The summed E-state index contributed by atoms with van der Waals surface area (Å²) in [7, 11) is 0. The molecule has 1 aliphatic rings. The van der Waals surface area contributed by atoms with E-state index in [9.17, 15) is 14.4 Å². The lowest BCUT2D eigenvalue weighted by atomic mass is 9.77. The number of amides is 2. The van der Waals surface area contributed by atoms with Crippen LogP contribution in [-0.2, 0) is 14.3 Å². The Labute approximate surface area is 200 Å². The minimum Gasteiger partial charge on any atom is -0.490 e. The van der Waals surface area contributed by atoms with Crippen molar-refractivity contribution in [1.82, 2.24) is 5.32 Å². The van der Waals surface area contributed by atoms with Gasteiger partial charge in [0, 0.05) is 12.8 Å². The van der Waals surface area contributed by atoms with E-state index in [1.54, 1.807) is 26.8 Å². The fraction of sp³-hybridized carbons (Fsp3) is 0.625.